The van der Waals surface area contributed by atoms with Crippen molar-refractivity contribution in [2.24, 2.45) is 0 Å². The van der Waals surface area contributed by atoms with Crippen molar-refractivity contribution in [3.8, 4) is 0 Å². The number of carboxylic acids is 1. The first-order valence-corrected chi connectivity index (χ1v) is 2.57. The molecule has 0 saturated heterocycles. The van der Waals surface area contributed by atoms with E-state index in [1.54, 1.807) is 18.2 Å². The Labute approximate surface area is 80.5 Å². The Morgan fingerprint density at radius 2 is 1.64 bits per heavy atom. The van der Waals surface area contributed by atoms with Crippen LogP contribution in [0.2, 0.25) is 0 Å². The summed E-state index contributed by atoms with van der Waals surface area (Å²) < 4.78 is 0. The van der Waals surface area contributed by atoms with E-state index in [4.69, 9.17) is 0 Å². The molecule has 1 aromatic carbocycles. The van der Waals surface area contributed by atoms with E-state index in [1.807, 2.05) is 0 Å². The summed E-state index contributed by atoms with van der Waals surface area (Å²) in [6.45, 7) is 0. The van der Waals surface area contributed by atoms with Crippen LogP contribution < -0.4 is 5.11 Å². The van der Waals surface area contributed by atoms with Gasteiger partial charge in [0.25, 0.3) is 0 Å². The van der Waals surface area contributed by atoms with E-state index in [0.29, 0.717) is 0 Å². The minimum absolute atomic E-state index is 0. The van der Waals surface area contributed by atoms with E-state index in [1.165, 1.54) is 12.1 Å². The van der Waals surface area contributed by atoms with Crippen molar-refractivity contribution in [3.05, 3.63) is 35.9 Å². The van der Waals surface area contributed by atoms with Gasteiger partial charge in [0.2, 0.25) is 0 Å². The number of aromatic carboxylic acids is 1. The van der Waals surface area contributed by atoms with Crippen LogP contribution in [0.1, 0.15) is 10.4 Å². The van der Waals surface area contributed by atoms with Gasteiger partial charge < -0.3 is 15.4 Å². The Hall–Kier alpha value is -0.584. The Kier molecular flexibility index (Phi) is 7.29. The zero-order chi connectivity index (χ0) is 6.69. The molecule has 0 bridgehead atoms. The predicted molar refractivity (Wildman–Crippen MR) is 40.1 cm³/mol. The fraction of sp³-hybridized carbons (Fsp3) is 0. The second-order valence-corrected chi connectivity index (χ2v) is 1.65. The Balaban J connectivity index is 0. The van der Waals surface area contributed by atoms with Crippen LogP contribution in [0.3, 0.4) is 0 Å². The molecule has 11 heavy (non-hydrogen) atoms. The van der Waals surface area contributed by atoms with Gasteiger partial charge in [-0.25, -0.2) is 0 Å². The first-order valence-electron chi connectivity index (χ1n) is 2.57. The predicted octanol–water partition coefficient (Wildman–Crippen LogP) is -1.16. The maximum Gasteiger partial charge on any atom is 2.00 e. The molecule has 0 atom stereocenters. The number of carbonyl (C=O) groups is 1. The SMILES string of the molecule is O.O=C([O-])c1ccccc1.[Mg+2]. The molecule has 4 heteroatoms. The number of carbonyl (C=O) groups excluding carboxylic acids is 1. The molecule has 1 rings (SSSR count). The van der Waals surface area contributed by atoms with Crippen molar-refractivity contribution in [2.45, 2.75) is 0 Å². The third-order valence-corrected chi connectivity index (χ3v) is 1.01. The molecular weight excluding hydrogens is 156 g/mol. The van der Waals surface area contributed by atoms with E-state index in [0.717, 1.165) is 0 Å². The number of hydrogen-bond donors (Lipinski definition) is 0. The van der Waals surface area contributed by atoms with Crippen LogP contribution in [-0.4, -0.2) is 34.5 Å². The standard InChI is InChI=1S/C7H6O2.Mg.H2O/c8-7(9)6-4-2-1-3-5-6;;/h1-5H,(H,8,9);;1H2/q;+2;/p-1. The molecule has 0 spiro atoms. The topological polar surface area (TPSA) is 71.6 Å². The van der Waals surface area contributed by atoms with Crippen LogP contribution in [0.25, 0.3) is 0 Å². The van der Waals surface area contributed by atoms with E-state index in [-0.39, 0.29) is 34.1 Å². The molecule has 0 radical (unpaired) electrons. The summed E-state index contributed by atoms with van der Waals surface area (Å²) in [5, 5.41) is 10.1. The zero-order valence-corrected chi connectivity index (χ0v) is 7.32. The van der Waals surface area contributed by atoms with Gasteiger partial charge in [0.05, 0.1) is 5.97 Å². The maximum absolute atomic E-state index is 10.1. The zero-order valence-electron chi connectivity index (χ0n) is 5.91. The van der Waals surface area contributed by atoms with Gasteiger partial charge in [-0.3, -0.25) is 0 Å². The van der Waals surface area contributed by atoms with Crippen LogP contribution in [-0.2, 0) is 0 Å². The molecule has 2 N–H and O–H groups in total. The van der Waals surface area contributed by atoms with Gasteiger partial charge in [-0.15, -0.1) is 0 Å². The summed E-state index contributed by atoms with van der Waals surface area (Å²) in [6.07, 6.45) is 0. The van der Waals surface area contributed by atoms with Crippen LogP contribution in [0.4, 0.5) is 0 Å². The van der Waals surface area contributed by atoms with Gasteiger partial charge >= 0.3 is 23.1 Å². The second kappa shape index (κ2) is 6.15. The molecule has 0 aromatic heterocycles. The summed E-state index contributed by atoms with van der Waals surface area (Å²) in [7, 11) is 0. The molecule has 3 nitrogen and oxygen atoms in total. The van der Waals surface area contributed by atoms with Gasteiger partial charge in [0.15, 0.2) is 0 Å². The molecular formula is C7H7MgO3+. The van der Waals surface area contributed by atoms with Crippen molar-refractivity contribution in [1.82, 2.24) is 0 Å². The minimum atomic E-state index is -1.13. The van der Waals surface area contributed by atoms with E-state index < -0.39 is 5.97 Å². The molecule has 0 fully saturated rings. The maximum atomic E-state index is 10.1. The fourth-order valence-corrected chi connectivity index (χ4v) is 0.574. The van der Waals surface area contributed by atoms with Gasteiger partial charge in [-0.1, -0.05) is 30.3 Å². The smallest absolute Gasteiger partial charge is 0.545 e. The second-order valence-electron chi connectivity index (χ2n) is 1.65. The quantitative estimate of drug-likeness (QED) is 0.490. The summed E-state index contributed by atoms with van der Waals surface area (Å²) in [5.41, 5.74) is 0.220. The summed E-state index contributed by atoms with van der Waals surface area (Å²) in [6, 6.07) is 8.06. The average Bonchev–Trinajstić information content (AvgIpc) is 1.90. The number of carboxylic acid groups (broad SMARTS) is 1. The Morgan fingerprint density at radius 1 is 1.18 bits per heavy atom. The normalized spacial score (nSPS) is 7.27. The Morgan fingerprint density at radius 3 is 1.91 bits per heavy atom. The van der Waals surface area contributed by atoms with E-state index in [9.17, 15) is 9.90 Å². The number of hydrogen-bond acceptors (Lipinski definition) is 2. The third kappa shape index (κ3) is 3.97. The first-order chi connectivity index (χ1) is 4.30. The van der Waals surface area contributed by atoms with E-state index >= 15 is 0 Å². The van der Waals surface area contributed by atoms with Gasteiger partial charge in [0.1, 0.15) is 0 Å². The molecule has 0 unspecified atom stereocenters. The summed E-state index contributed by atoms with van der Waals surface area (Å²) in [5.74, 6) is -1.13. The molecule has 0 aliphatic heterocycles. The number of benzene rings is 1. The van der Waals surface area contributed by atoms with Crippen molar-refractivity contribution < 1.29 is 15.4 Å². The molecule has 0 saturated carbocycles. The van der Waals surface area contributed by atoms with Crippen molar-refractivity contribution in [3.63, 3.8) is 0 Å². The van der Waals surface area contributed by atoms with Gasteiger partial charge in [0, 0.05) is 0 Å². The van der Waals surface area contributed by atoms with Crippen molar-refractivity contribution >= 4 is 29.0 Å². The fourth-order valence-electron chi connectivity index (χ4n) is 0.574. The van der Waals surface area contributed by atoms with Crippen molar-refractivity contribution in [1.29, 1.82) is 0 Å². The third-order valence-electron chi connectivity index (χ3n) is 1.01. The van der Waals surface area contributed by atoms with Crippen LogP contribution in [0.5, 0.6) is 0 Å². The molecule has 0 aliphatic rings. The monoisotopic (exact) mass is 163 g/mol. The average molecular weight is 163 g/mol. The number of rotatable bonds is 1. The first kappa shape index (κ1) is 13.0. The molecule has 0 aliphatic carbocycles. The summed E-state index contributed by atoms with van der Waals surface area (Å²) in [4.78, 5) is 10.1. The largest absolute Gasteiger partial charge is 2.00 e. The van der Waals surface area contributed by atoms with Gasteiger partial charge in [-0.05, 0) is 5.56 Å². The molecule has 0 amide bonds. The van der Waals surface area contributed by atoms with E-state index in [2.05, 4.69) is 0 Å². The molecule has 54 valence electrons. The minimum Gasteiger partial charge on any atom is -0.545 e. The summed E-state index contributed by atoms with van der Waals surface area (Å²) >= 11 is 0. The van der Waals surface area contributed by atoms with Gasteiger partial charge in [-0.2, -0.15) is 0 Å². The van der Waals surface area contributed by atoms with Crippen LogP contribution in [0, 0.1) is 0 Å². The van der Waals surface area contributed by atoms with Crippen molar-refractivity contribution in [2.75, 3.05) is 0 Å². The molecule has 0 heterocycles. The van der Waals surface area contributed by atoms with Crippen LogP contribution >= 0.6 is 0 Å². The molecule has 1 aromatic rings. The van der Waals surface area contributed by atoms with Crippen LogP contribution in [0.15, 0.2) is 30.3 Å². The Bertz CT molecular complexity index is 210.